The number of aryl methyl sites for hydroxylation is 2. The summed E-state index contributed by atoms with van der Waals surface area (Å²) in [5.74, 6) is -0.903. The number of urea groups is 1. The van der Waals surface area contributed by atoms with E-state index in [9.17, 15) is 9.59 Å². The van der Waals surface area contributed by atoms with E-state index >= 15 is 0 Å². The van der Waals surface area contributed by atoms with Gasteiger partial charge in [-0.25, -0.2) is 4.79 Å². The Morgan fingerprint density at radius 2 is 1.86 bits per heavy atom. The van der Waals surface area contributed by atoms with E-state index in [0.717, 1.165) is 13.1 Å². The maximum atomic E-state index is 11.9. The number of hydrogen-bond acceptors (Lipinski definition) is 3. The van der Waals surface area contributed by atoms with Crippen molar-refractivity contribution in [3.63, 3.8) is 0 Å². The summed E-state index contributed by atoms with van der Waals surface area (Å²) in [5.41, 5.74) is 3.70. The minimum Gasteiger partial charge on any atom is -0.481 e. The van der Waals surface area contributed by atoms with Crippen molar-refractivity contribution in [1.29, 1.82) is 0 Å². The van der Waals surface area contributed by atoms with Gasteiger partial charge in [0, 0.05) is 38.4 Å². The van der Waals surface area contributed by atoms with Crippen LogP contribution in [0.4, 0.5) is 10.5 Å². The van der Waals surface area contributed by atoms with Crippen LogP contribution in [-0.4, -0.2) is 54.7 Å². The van der Waals surface area contributed by atoms with Gasteiger partial charge in [0.15, 0.2) is 0 Å². The molecular formula is C16H23N3O3. The Morgan fingerprint density at radius 3 is 2.50 bits per heavy atom. The first kappa shape index (κ1) is 16.1. The Hall–Kier alpha value is -2.24. The summed E-state index contributed by atoms with van der Waals surface area (Å²) in [6.07, 6.45) is -0.0474. The fraction of sp³-hybridized carbons (Fsp3) is 0.500. The molecule has 120 valence electrons. The lowest BCUT2D eigenvalue weighted by atomic mass is 10.1. The van der Waals surface area contributed by atoms with Gasteiger partial charge in [0.25, 0.3) is 0 Å². The number of hydrogen-bond donors (Lipinski definition) is 2. The number of carbonyl (C=O) groups excluding carboxylic acids is 1. The van der Waals surface area contributed by atoms with Crippen LogP contribution in [0.25, 0.3) is 0 Å². The number of nitrogens with zero attached hydrogens (tertiary/aromatic N) is 2. The molecular weight excluding hydrogens is 282 g/mol. The Labute approximate surface area is 130 Å². The minimum atomic E-state index is -0.903. The third-order valence-corrected chi connectivity index (χ3v) is 3.89. The Balaban J connectivity index is 1.86. The van der Waals surface area contributed by atoms with Gasteiger partial charge in [-0.15, -0.1) is 0 Å². The highest BCUT2D eigenvalue weighted by Crippen LogP contribution is 2.22. The zero-order chi connectivity index (χ0) is 16.1. The minimum absolute atomic E-state index is 0.0474. The van der Waals surface area contributed by atoms with Gasteiger partial charge in [0.2, 0.25) is 0 Å². The number of piperazine rings is 1. The van der Waals surface area contributed by atoms with Crippen molar-refractivity contribution in [2.75, 3.05) is 37.6 Å². The molecule has 1 aliphatic rings. The van der Waals surface area contributed by atoms with Gasteiger partial charge in [-0.05, 0) is 31.0 Å². The number of amides is 2. The molecule has 1 aromatic carbocycles. The first-order chi connectivity index (χ1) is 10.5. The number of benzene rings is 1. The standard InChI is InChI=1S/C16H23N3O3/c1-12-3-4-13(2)14(11-12)18-7-9-19(10-8-18)16(22)17-6-5-15(20)21/h3-4,11H,5-10H2,1-2H3,(H,17,22)(H,20,21). The van der Waals surface area contributed by atoms with Gasteiger partial charge < -0.3 is 20.2 Å². The smallest absolute Gasteiger partial charge is 0.317 e. The van der Waals surface area contributed by atoms with Crippen LogP contribution in [0, 0.1) is 13.8 Å². The molecule has 1 fully saturated rings. The molecule has 0 unspecified atom stereocenters. The molecule has 0 atom stereocenters. The number of carboxylic acid groups (broad SMARTS) is 1. The molecule has 1 aliphatic heterocycles. The first-order valence-corrected chi connectivity index (χ1v) is 7.54. The molecule has 1 heterocycles. The molecule has 2 amide bonds. The number of aliphatic carboxylic acids is 1. The number of anilines is 1. The van der Waals surface area contributed by atoms with E-state index in [4.69, 9.17) is 5.11 Å². The van der Waals surface area contributed by atoms with E-state index in [1.165, 1.54) is 16.8 Å². The lowest BCUT2D eigenvalue weighted by Gasteiger charge is -2.36. The monoisotopic (exact) mass is 305 g/mol. The quantitative estimate of drug-likeness (QED) is 0.886. The van der Waals surface area contributed by atoms with Crippen LogP contribution in [-0.2, 0) is 4.79 Å². The van der Waals surface area contributed by atoms with E-state index < -0.39 is 5.97 Å². The summed E-state index contributed by atoms with van der Waals surface area (Å²) in [7, 11) is 0. The van der Waals surface area contributed by atoms with Crippen molar-refractivity contribution in [1.82, 2.24) is 10.2 Å². The molecule has 1 saturated heterocycles. The highest BCUT2D eigenvalue weighted by molar-refractivity contribution is 5.75. The Morgan fingerprint density at radius 1 is 1.18 bits per heavy atom. The second-order valence-corrected chi connectivity index (χ2v) is 5.64. The molecule has 0 aliphatic carbocycles. The van der Waals surface area contributed by atoms with Gasteiger partial charge in [0.05, 0.1) is 6.42 Å². The number of rotatable bonds is 4. The van der Waals surface area contributed by atoms with Gasteiger partial charge >= 0.3 is 12.0 Å². The normalized spacial score (nSPS) is 14.8. The lowest BCUT2D eigenvalue weighted by molar-refractivity contribution is -0.136. The molecule has 0 aromatic heterocycles. The molecule has 6 nitrogen and oxygen atoms in total. The lowest BCUT2D eigenvalue weighted by Crippen LogP contribution is -2.52. The van der Waals surface area contributed by atoms with Crippen LogP contribution in [0.1, 0.15) is 17.5 Å². The van der Waals surface area contributed by atoms with E-state index in [2.05, 4.69) is 42.3 Å². The molecule has 6 heteroatoms. The van der Waals surface area contributed by atoms with Crippen LogP contribution in [0.2, 0.25) is 0 Å². The topological polar surface area (TPSA) is 72.9 Å². The highest BCUT2D eigenvalue weighted by Gasteiger charge is 2.21. The van der Waals surface area contributed by atoms with E-state index in [-0.39, 0.29) is 19.0 Å². The van der Waals surface area contributed by atoms with Gasteiger partial charge in [-0.1, -0.05) is 12.1 Å². The van der Waals surface area contributed by atoms with Crippen molar-refractivity contribution in [3.8, 4) is 0 Å². The maximum Gasteiger partial charge on any atom is 0.317 e. The summed E-state index contributed by atoms with van der Waals surface area (Å²) < 4.78 is 0. The fourth-order valence-corrected chi connectivity index (χ4v) is 2.60. The summed E-state index contributed by atoms with van der Waals surface area (Å²) in [6.45, 7) is 7.21. The van der Waals surface area contributed by atoms with E-state index in [1.54, 1.807) is 4.90 Å². The number of nitrogens with one attached hydrogen (secondary N) is 1. The molecule has 0 bridgehead atoms. The Bertz CT molecular complexity index is 552. The molecule has 0 spiro atoms. The molecule has 2 rings (SSSR count). The second kappa shape index (κ2) is 7.15. The molecule has 1 aromatic rings. The van der Waals surface area contributed by atoms with Crippen molar-refractivity contribution in [2.24, 2.45) is 0 Å². The van der Waals surface area contributed by atoms with Gasteiger partial charge in [-0.2, -0.15) is 0 Å². The predicted octanol–water partition coefficient (Wildman–Crippen LogP) is 1.61. The maximum absolute atomic E-state index is 11.9. The van der Waals surface area contributed by atoms with E-state index in [0.29, 0.717) is 13.1 Å². The summed E-state index contributed by atoms with van der Waals surface area (Å²) in [4.78, 5) is 26.4. The summed E-state index contributed by atoms with van der Waals surface area (Å²) in [5, 5.41) is 11.2. The van der Waals surface area contributed by atoms with Crippen LogP contribution in [0.5, 0.6) is 0 Å². The van der Waals surface area contributed by atoms with Crippen LogP contribution >= 0.6 is 0 Å². The zero-order valence-corrected chi connectivity index (χ0v) is 13.1. The van der Waals surface area contributed by atoms with Crippen molar-refractivity contribution < 1.29 is 14.7 Å². The van der Waals surface area contributed by atoms with Crippen LogP contribution in [0.3, 0.4) is 0 Å². The molecule has 0 saturated carbocycles. The SMILES string of the molecule is Cc1ccc(C)c(N2CCN(C(=O)NCCC(=O)O)CC2)c1. The predicted molar refractivity (Wildman–Crippen MR) is 85.4 cm³/mol. The molecule has 22 heavy (non-hydrogen) atoms. The van der Waals surface area contributed by atoms with E-state index in [1.807, 2.05) is 0 Å². The van der Waals surface area contributed by atoms with Crippen LogP contribution < -0.4 is 10.2 Å². The number of carboxylic acids is 1. The third-order valence-electron chi connectivity index (χ3n) is 3.89. The van der Waals surface area contributed by atoms with Crippen molar-refractivity contribution in [3.05, 3.63) is 29.3 Å². The largest absolute Gasteiger partial charge is 0.481 e. The van der Waals surface area contributed by atoms with Crippen molar-refractivity contribution >= 4 is 17.7 Å². The summed E-state index contributed by atoms with van der Waals surface area (Å²) in [6, 6.07) is 6.22. The molecule has 2 N–H and O–H groups in total. The number of carbonyl (C=O) groups is 2. The van der Waals surface area contributed by atoms with Crippen LogP contribution in [0.15, 0.2) is 18.2 Å². The average Bonchev–Trinajstić information content (AvgIpc) is 2.49. The zero-order valence-electron chi connectivity index (χ0n) is 13.1. The van der Waals surface area contributed by atoms with Gasteiger partial charge in [0.1, 0.15) is 0 Å². The highest BCUT2D eigenvalue weighted by atomic mass is 16.4. The molecule has 0 radical (unpaired) electrons. The fourth-order valence-electron chi connectivity index (χ4n) is 2.60. The summed E-state index contributed by atoms with van der Waals surface area (Å²) >= 11 is 0. The first-order valence-electron chi connectivity index (χ1n) is 7.54. The average molecular weight is 305 g/mol. The second-order valence-electron chi connectivity index (χ2n) is 5.64. The van der Waals surface area contributed by atoms with Crippen molar-refractivity contribution in [2.45, 2.75) is 20.3 Å². The van der Waals surface area contributed by atoms with Gasteiger partial charge in [-0.3, -0.25) is 4.79 Å². The Kier molecular flexibility index (Phi) is 5.25. The third kappa shape index (κ3) is 4.13.